The maximum absolute atomic E-state index is 12.1. The van der Waals surface area contributed by atoms with Crippen molar-refractivity contribution in [1.82, 2.24) is 4.90 Å². The first-order valence-corrected chi connectivity index (χ1v) is 8.04. The smallest absolute Gasteiger partial charge is 0.321 e. The SMILES string of the molecule is CC(C)CC(=O)Nc1ccc(NC(=O)N2CCC(C(=O)O)C2)cc1. The van der Waals surface area contributed by atoms with Crippen LogP contribution in [0.25, 0.3) is 0 Å². The van der Waals surface area contributed by atoms with Gasteiger partial charge in [0.05, 0.1) is 5.92 Å². The van der Waals surface area contributed by atoms with Crippen LogP contribution in [0.4, 0.5) is 16.2 Å². The van der Waals surface area contributed by atoms with Gasteiger partial charge in [-0.1, -0.05) is 13.8 Å². The average molecular weight is 333 g/mol. The van der Waals surface area contributed by atoms with Gasteiger partial charge in [-0.3, -0.25) is 9.59 Å². The fourth-order valence-corrected chi connectivity index (χ4v) is 2.57. The quantitative estimate of drug-likeness (QED) is 0.771. The number of nitrogens with zero attached hydrogens (tertiary/aromatic N) is 1. The summed E-state index contributed by atoms with van der Waals surface area (Å²) in [4.78, 5) is 36.3. The van der Waals surface area contributed by atoms with E-state index in [4.69, 9.17) is 5.11 Å². The molecule has 1 fully saturated rings. The molecule has 1 aliphatic rings. The van der Waals surface area contributed by atoms with Gasteiger partial charge in [-0.15, -0.1) is 0 Å². The van der Waals surface area contributed by atoms with Crippen LogP contribution in [0.15, 0.2) is 24.3 Å². The molecule has 130 valence electrons. The molecule has 3 N–H and O–H groups in total. The second-order valence-electron chi connectivity index (χ2n) is 6.42. The van der Waals surface area contributed by atoms with Crippen molar-refractivity contribution in [1.29, 1.82) is 0 Å². The highest BCUT2D eigenvalue weighted by Gasteiger charge is 2.30. The van der Waals surface area contributed by atoms with Gasteiger partial charge in [0.2, 0.25) is 5.91 Å². The zero-order valence-corrected chi connectivity index (χ0v) is 13.9. The first kappa shape index (κ1) is 17.8. The Hall–Kier alpha value is -2.57. The van der Waals surface area contributed by atoms with Gasteiger partial charge in [0.15, 0.2) is 0 Å². The van der Waals surface area contributed by atoms with Crippen LogP contribution in [0.3, 0.4) is 0 Å². The summed E-state index contributed by atoms with van der Waals surface area (Å²) in [5, 5.41) is 14.5. The van der Waals surface area contributed by atoms with Crippen LogP contribution >= 0.6 is 0 Å². The number of carbonyl (C=O) groups is 3. The zero-order chi connectivity index (χ0) is 17.7. The lowest BCUT2D eigenvalue weighted by Crippen LogP contribution is -2.33. The van der Waals surface area contributed by atoms with Gasteiger partial charge in [0, 0.05) is 30.9 Å². The number of likely N-dealkylation sites (tertiary alicyclic amines) is 1. The van der Waals surface area contributed by atoms with Gasteiger partial charge in [-0.25, -0.2) is 4.79 Å². The Balaban J connectivity index is 1.86. The van der Waals surface area contributed by atoms with Gasteiger partial charge in [0.25, 0.3) is 0 Å². The monoisotopic (exact) mass is 333 g/mol. The predicted octanol–water partition coefficient (Wildman–Crippen LogP) is 2.61. The van der Waals surface area contributed by atoms with Crippen molar-refractivity contribution < 1.29 is 19.5 Å². The number of benzene rings is 1. The van der Waals surface area contributed by atoms with Crippen molar-refractivity contribution in [3.05, 3.63) is 24.3 Å². The molecule has 7 heteroatoms. The third-order valence-electron chi connectivity index (χ3n) is 3.84. The first-order valence-electron chi connectivity index (χ1n) is 8.04. The van der Waals surface area contributed by atoms with E-state index < -0.39 is 11.9 Å². The van der Waals surface area contributed by atoms with Crippen molar-refractivity contribution in [2.75, 3.05) is 23.7 Å². The molecule has 0 aromatic heterocycles. The molecule has 3 amide bonds. The Morgan fingerprint density at radius 2 is 1.75 bits per heavy atom. The molecular formula is C17H23N3O4. The van der Waals surface area contributed by atoms with Crippen LogP contribution in [0, 0.1) is 11.8 Å². The molecule has 0 spiro atoms. The molecule has 1 aromatic carbocycles. The maximum atomic E-state index is 12.1. The molecule has 1 aromatic rings. The molecule has 0 saturated carbocycles. The van der Waals surface area contributed by atoms with E-state index in [1.165, 1.54) is 4.90 Å². The van der Waals surface area contributed by atoms with Gasteiger partial charge in [-0.05, 0) is 36.6 Å². The standard InChI is InChI=1S/C17H23N3O4/c1-11(2)9-15(21)18-13-3-5-14(6-4-13)19-17(24)20-8-7-12(10-20)16(22)23/h3-6,11-12H,7-10H2,1-2H3,(H,18,21)(H,19,24)(H,22,23). The molecule has 24 heavy (non-hydrogen) atoms. The number of carboxylic acids is 1. The van der Waals surface area contributed by atoms with Crippen LogP contribution in [0.2, 0.25) is 0 Å². The van der Waals surface area contributed by atoms with Crippen molar-refractivity contribution in [2.24, 2.45) is 11.8 Å². The summed E-state index contributed by atoms with van der Waals surface area (Å²) in [6.07, 6.45) is 0.932. The highest BCUT2D eigenvalue weighted by molar-refractivity contribution is 5.92. The number of anilines is 2. The minimum Gasteiger partial charge on any atom is -0.481 e. The van der Waals surface area contributed by atoms with E-state index in [-0.39, 0.29) is 18.5 Å². The normalized spacial score (nSPS) is 17.0. The summed E-state index contributed by atoms with van der Waals surface area (Å²) in [6, 6.07) is 6.53. The highest BCUT2D eigenvalue weighted by Crippen LogP contribution is 2.19. The fraction of sp³-hybridized carbons (Fsp3) is 0.471. The predicted molar refractivity (Wildman–Crippen MR) is 90.9 cm³/mol. The van der Waals surface area contributed by atoms with Crippen molar-refractivity contribution in [3.63, 3.8) is 0 Å². The third-order valence-corrected chi connectivity index (χ3v) is 3.84. The molecule has 1 saturated heterocycles. The second-order valence-corrected chi connectivity index (χ2v) is 6.42. The average Bonchev–Trinajstić information content (AvgIpc) is 2.98. The summed E-state index contributed by atoms with van der Waals surface area (Å²) < 4.78 is 0. The highest BCUT2D eigenvalue weighted by atomic mass is 16.4. The summed E-state index contributed by atoms with van der Waals surface area (Å²) in [5.74, 6) is -1.11. The number of nitrogens with one attached hydrogen (secondary N) is 2. The topological polar surface area (TPSA) is 98.7 Å². The number of urea groups is 1. The van der Waals surface area contributed by atoms with Crippen LogP contribution in [0.1, 0.15) is 26.7 Å². The molecule has 1 aliphatic heterocycles. The number of rotatable bonds is 5. The Labute approximate surface area is 141 Å². The Kier molecular flexibility index (Phi) is 5.78. The Bertz CT molecular complexity index is 613. The molecule has 0 radical (unpaired) electrons. The number of carboxylic acid groups (broad SMARTS) is 1. The number of amides is 3. The number of hydrogen-bond acceptors (Lipinski definition) is 3. The van der Waals surface area contributed by atoms with Crippen LogP contribution in [-0.2, 0) is 9.59 Å². The van der Waals surface area contributed by atoms with Crippen LogP contribution in [0.5, 0.6) is 0 Å². The van der Waals surface area contributed by atoms with Crippen molar-refractivity contribution in [3.8, 4) is 0 Å². The third kappa shape index (κ3) is 4.97. The van der Waals surface area contributed by atoms with Gasteiger partial charge < -0.3 is 20.6 Å². The van der Waals surface area contributed by atoms with Crippen LogP contribution < -0.4 is 10.6 Å². The molecule has 1 heterocycles. The number of hydrogen-bond donors (Lipinski definition) is 3. The van der Waals surface area contributed by atoms with Gasteiger partial charge in [0.1, 0.15) is 0 Å². The van der Waals surface area contributed by atoms with E-state index in [0.717, 1.165) is 0 Å². The summed E-state index contributed by atoms with van der Waals surface area (Å²) in [5.41, 5.74) is 1.27. The minimum atomic E-state index is -0.869. The number of aliphatic carboxylic acids is 1. The minimum absolute atomic E-state index is 0.0430. The van der Waals surface area contributed by atoms with Gasteiger partial charge in [-0.2, -0.15) is 0 Å². The van der Waals surface area contributed by atoms with E-state index in [1.54, 1.807) is 24.3 Å². The van der Waals surface area contributed by atoms with E-state index in [1.807, 2.05) is 13.8 Å². The van der Waals surface area contributed by atoms with Crippen LogP contribution in [-0.4, -0.2) is 41.0 Å². The molecule has 7 nitrogen and oxygen atoms in total. The summed E-state index contributed by atoms with van der Waals surface area (Å²) in [7, 11) is 0. The first-order chi connectivity index (χ1) is 11.3. The zero-order valence-electron chi connectivity index (χ0n) is 13.9. The van der Waals surface area contributed by atoms with E-state index >= 15 is 0 Å². The lowest BCUT2D eigenvalue weighted by atomic mass is 10.1. The Morgan fingerprint density at radius 3 is 2.25 bits per heavy atom. The molecule has 0 aliphatic carbocycles. The second kappa shape index (κ2) is 7.81. The van der Waals surface area contributed by atoms with Gasteiger partial charge >= 0.3 is 12.0 Å². The molecular weight excluding hydrogens is 310 g/mol. The summed E-state index contributed by atoms with van der Waals surface area (Å²) >= 11 is 0. The van der Waals surface area contributed by atoms with Crippen molar-refractivity contribution in [2.45, 2.75) is 26.7 Å². The lowest BCUT2D eigenvalue weighted by Gasteiger charge is -2.17. The molecule has 2 rings (SSSR count). The maximum Gasteiger partial charge on any atom is 0.321 e. The number of carbonyl (C=O) groups excluding carboxylic acids is 2. The molecule has 0 bridgehead atoms. The van der Waals surface area contributed by atoms with E-state index in [0.29, 0.717) is 36.7 Å². The lowest BCUT2D eigenvalue weighted by molar-refractivity contribution is -0.141. The fourth-order valence-electron chi connectivity index (χ4n) is 2.57. The Morgan fingerprint density at radius 1 is 1.17 bits per heavy atom. The van der Waals surface area contributed by atoms with E-state index in [9.17, 15) is 14.4 Å². The van der Waals surface area contributed by atoms with E-state index in [2.05, 4.69) is 10.6 Å². The molecule has 1 atom stereocenters. The molecule has 1 unspecified atom stereocenters. The largest absolute Gasteiger partial charge is 0.481 e. The summed E-state index contributed by atoms with van der Waals surface area (Å²) in [6.45, 7) is 4.62. The van der Waals surface area contributed by atoms with Crippen molar-refractivity contribution >= 4 is 29.3 Å².